The Bertz CT molecular complexity index is 486. The third-order valence-electron chi connectivity index (χ3n) is 2.29. The molecule has 84 valence electrons. The number of hydrogen-bond acceptors (Lipinski definition) is 4. The third kappa shape index (κ3) is 1.92. The highest BCUT2D eigenvalue weighted by Crippen LogP contribution is 2.31. The van der Waals surface area contributed by atoms with Crippen LogP contribution < -0.4 is 0 Å². The van der Waals surface area contributed by atoms with E-state index in [1.807, 2.05) is 24.3 Å². The quantitative estimate of drug-likeness (QED) is 0.755. The number of carbonyl (C=O) groups is 1. The van der Waals surface area contributed by atoms with Crippen LogP contribution in [-0.2, 0) is 4.79 Å². The van der Waals surface area contributed by atoms with E-state index in [0.29, 0.717) is 4.88 Å². The molecule has 4 nitrogen and oxygen atoms in total. The Labute approximate surface area is 95.4 Å². The number of aliphatic hydroxyl groups excluding tert-OH is 2. The fourth-order valence-corrected chi connectivity index (χ4v) is 2.52. The number of benzene rings is 1. The molecule has 1 heterocycles. The molecule has 0 radical (unpaired) electrons. The molecule has 0 aliphatic heterocycles. The van der Waals surface area contributed by atoms with Crippen molar-refractivity contribution in [2.45, 2.75) is 12.2 Å². The van der Waals surface area contributed by atoms with E-state index in [2.05, 4.69) is 0 Å². The third-order valence-corrected chi connectivity index (χ3v) is 3.47. The predicted octanol–water partition coefficient (Wildman–Crippen LogP) is 1.38. The second-order valence-corrected chi connectivity index (χ2v) is 4.53. The summed E-state index contributed by atoms with van der Waals surface area (Å²) >= 11 is 1.28. The number of carboxylic acids is 1. The molecule has 3 N–H and O–H groups in total. The molecule has 0 bridgehead atoms. The summed E-state index contributed by atoms with van der Waals surface area (Å²) in [5, 5.41) is 28.4. The Morgan fingerprint density at radius 2 is 1.94 bits per heavy atom. The van der Waals surface area contributed by atoms with E-state index in [1.54, 1.807) is 6.07 Å². The number of carboxylic acid groups (broad SMARTS) is 1. The lowest BCUT2D eigenvalue weighted by molar-refractivity contribution is -0.152. The molecule has 0 saturated heterocycles. The standard InChI is InChI=1S/C11H10O4S/c12-9(10(13)11(14)15)8-5-6-3-1-2-4-7(6)16-8/h1-5,9-10,12-13H,(H,14,15). The summed E-state index contributed by atoms with van der Waals surface area (Å²) in [6.45, 7) is 0. The van der Waals surface area contributed by atoms with Crippen molar-refractivity contribution < 1.29 is 20.1 Å². The van der Waals surface area contributed by atoms with Gasteiger partial charge in [0.25, 0.3) is 0 Å². The Morgan fingerprint density at radius 3 is 2.56 bits per heavy atom. The van der Waals surface area contributed by atoms with Crippen LogP contribution in [-0.4, -0.2) is 27.4 Å². The molecule has 1 aromatic heterocycles. The molecule has 16 heavy (non-hydrogen) atoms. The van der Waals surface area contributed by atoms with Crippen LogP contribution in [0.15, 0.2) is 30.3 Å². The average Bonchev–Trinajstić information content (AvgIpc) is 2.70. The molecule has 2 atom stereocenters. The van der Waals surface area contributed by atoms with Crippen molar-refractivity contribution in [2.75, 3.05) is 0 Å². The van der Waals surface area contributed by atoms with Crippen molar-refractivity contribution in [3.8, 4) is 0 Å². The molecule has 1 aromatic carbocycles. The van der Waals surface area contributed by atoms with Gasteiger partial charge < -0.3 is 15.3 Å². The van der Waals surface area contributed by atoms with E-state index >= 15 is 0 Å². The topological polar surface area (TPSA) is 77.8 Å². The minimum atomic E-state index is -1.78. The number of thiophene rings is 1. The zero-order valence-electron chi connectivity index (χ0n) is 8.20. The van der Waals surface area contributed by atoms with Gasteiger partial charge in [0, 0.05) is 9.58 Å². The van der Waals surface area contributed by atoms with Crippen LogP contribution in [0.4, 0.5) is 0 Å². The van der Waals surface area contributed by atoms with Crippen LogP contribution in [0.25, 0.3) is 10.1 Å². The predicted molar refractivity (Wildman–Crippen MR) is 60.4 cm³/mol. The van der Waals surface area contributed by atoms with Crippen molar-refractivity contribution in [3.05, 3.63) is 35.2 Å². The SMILES string of the molecule is O=C(O)C(O)C(O)c1cc2ccccc2s1. The normalized spacial score (nSPS) is 14.9. The van der Waals surface area contributed by atoms with E-state index < -0.39 is 18.2 Å². The van der Waals surface area contributed by atoms with Gasteiger partial charge in [0.05, 0.1) is 0 Å². The second kappa shape index (κ2) is 4.21. The summed E-state index contributed by atoms with van der Waals surface area (Å²) in [5.41, 5.74) is 0. The molecule has 0 amide bonds. The highest BCUT2D eigenvalue weighted by molar-refractivity contribution is 7.19. The van der Waals surface area contributed by atoms with Crippen molar-refractivity contribution >= 4 is 27.4 Å². The first-order valence-corrected chi connectivity index (χ1v) is 5.48. The number of rotatable bonds is 3. The van der Waals surface area contributed by atoms with E-state index in [4.69, 9.17) is 5.11 Å². The van der Waals surface area contributed by atoms with Gasteiger partial charge in [-0.15, -0.1) is 11.3 Å². The van der Waals surface area contributed by atoms with Crippen molar-refractivity contribution in [1.29, 1.82) is 0 Å². The molecule has 2 rings (SSSR count). The zero-order chi connectivity index (χ0) is 11.7. The molecule has 2 aromatic rings. The van der Waals surface area contributed by atoms with Gasteiger partial charge in [0.15, 0.2) is 6.10 Å². The number of aliphatic carboxylic acids is 1. The Kier molecular flexibility index (Phi) is 2.91. The maximum absolute atomic E-state index is 10.5. The van der Waals surface area contributed by atoms with Crippen LogP contribution in [0, 0.1) is 0 Å². The van der Waals surface area contributed by atoms with Gasteiger partial charge in [-0.25, -0.2) is 4.79 Å². The second-order valence-electron chi connectivity index (χ2n) is 3.41. The fraction of sp³-hybridized carbons (Fsp3) is 0.182. The summed E-state index contributed by atoms with van der Waals surface area (Å²) in [4.78, 5) is 11.0. The zero-order valence-corrected chi connectivity index (χ0v) is 9.02. The van der Waals surface area contributed by atoms with Crippen LogP contribution in [0.1, 0.15) is 11.0 Å². The van der Waals surface area contributed by atoms with Gasteiger partial charge in [0.2, 0.25) is 0 Å². The molecular formula is C11H10O4S. The minimum absolute atomic E-state index is 0.455. The van der Waals surface area contributed by atoms with E-state index in [1.165, 1.54) is 11.3 Å². The van der Waals surface area contributed by atoms with Gasteiger partial charge in [-0.2, -0.15) is 0 Å². The summed E-state index contributed by atoms with van der Waals surface area (Å²) in [6.07, 6.45) is -3.16. The fourth-order valence-electron chi connectivity index (χ4n) is 1.44. The van der Waals surface area contributed by atoms with Crippen molar-refractivity contribution in [2.24, 2.45) is 0 Å². The highest BCUT2D eigenvalue weighted by atomic mass is 32.1. The minimum Gasteiger partial charge on any atom is -0.479 e. The van der Waals surface area contributed by atoms with Gasteiger partial charge >= 0.3 is 5.97 Å². The Balaban J connectivity index is 2.36. The highest BCUT2D eigenvalue weighted by Gasteiger charge is 2.26. The van der Waals surface area contributed by atoms with E-state index in [0.717, 1.165) is 10.1 Å². The lowest BCUT2D eigenvalue weighted by Crippen LogP contribution is -2.26. The lowest BCUT2D eigenvalue weighted by atomic mass is 10.1. The van der Waals surface area contributed by atoms with Gasteiger partial charge in [-0.3, -0.25) is 0 Å². The Hall–Kier alpha value is -1.43. The smallest absolute Gasteiger partial charge is 0.335 e. The molecule has 0 saturated carbocycles. The first-order valence-electron chi connectivity index (χ1n) is 4.67. The molecular weight excluding hydrogens is 228 g/mol. The first kappa shape index (κ1) is 11.1. The molecule has 0 fully saturated rings. The summed E-state index contributed by atoms with van der Waals surface area (Å²) in [7, 11) is 0. The molecule has 2 unspecified atom stereocenters. The first-order chi connectivity index (χ1) is 7.59. The van der Waals surface area contributed by atoms with Gasteiger partial charge in [-0.05, 0) is 17.5 Å². The van der Waals surface area contributed by atoms with Gasteiger partial charge in [-0.1, -0.05) is 18.2 Å². The average molecular weight is 238 g/mol. The van der Waals surface area contributed by atoms with Crippen LogP contribution >= 0.6 is 11.3 Å². The molecule has 0 aliphatic carbocycles. The van der Waals surface area contributed by atoms with Gasteiger partial charge in [0.1, 0.15) is 6.10 Å². The molecule has 0 spiro atoms. The molecule has 5 heteroatoms. The largest absolute Gasteiger partial charge is 0.479 e. The lowest BCUT2D eigenvalue weighted by Gasteiger charge is -2.11. The molecule has 0 aliphatic rings. The maximum atomic E-state index is 10.5. The maximum Gasteiger partial charge on any atom is 0.335 e. The van der Waals surface area contributed by atoms with Crippen LogP contribution in [0.3, 0.4) is 0 Å². The van der Waals surface area contributed by atoms with E-state index in [-0.39, 0.29) is 0 Å². The van der Waals surface area contributed by atoms with Crippen LogP contribution in [0.2, 0.25) is 0 Å². The summed E-state index contributed by atoms with van der Waals surface area (Å²) in [5.74, 6) is -1.43. The van der Waals surface area contributed by atoms with E-state index in [9.17, 15) is 15.0 Å². The summed E-state index contributed by atoms with van der Waals surface area (Å²) < 4.78 is 0.953. The number of fused-ring (bicyclic) bond motifs is 1. The Morgan fingerprint density at radius 1 is 1.25 bits per heavy atom. The number of aliphatic hydroxyl groups is 2. The number of hydrogen-bond donors (Lipinski definition) is 3. The summed E-state index contributed by atoms with van der Waals surface area (Å²) in [6, 6.07) is 9.16. The van der Waals surface area contributed by atoms with Crippen molar-refractivity contribution in [3.63, 3.8) is 0 Å². The van der Waals surface area contributed by atoms with Crippen LogP contribution in [0.5, 0.6) is 0 Å². The van der Waals surface area contributed by atoms with Crippen molar-refractivity contribution in [1.82, 2.24) is 0 Å². The monoisotopic (exact) mass is 238 g/mol.